The van der Waals surface area contributed by atoms with Crippen LogP contribution in [0.25, 0.3) is 0 Å². The maximum atomic E-state index is 15.2. The fraction of sp³-hybridized carbons (Fsp3) is 0.466. The lowest BCUT2D eigenvalue weighted by Gasteiger charge is -2.69. The number of carboxylic acid groups (broad SMARTS) is 1. The van der Waals surface area contributed by atoms with Crippen molar-refractivity contribution in [3.05, 3.63) is 154 Å². The molecule has 4 aromatic rings. The molecule has 2 aliphatic heterocycles. The van der Waals surface area contributed by atoms with Gasteiger partial charge in [0.05, 0.1) is 31.0 Å². The summed E-state index contributed by atoms with van der Waals surface area (Å²) in [7, 11) is 2.98. The van der Waals surface area contributed by atoms with Crippen molar-refractivity contribution < 1.29 is 72.3 Å². The van der Waals surface area contributed by atoms with Crippen LogP contribution in [0.2, 0.25) is 0 Å². The van der Waals surface area contributed by atoms with Crippen LogP contribution >= 0.6 is 0 Å². The van der Waals surface area contributed by atoms with Crippen LogP contribution in [0.4, 0.5) is 21.0 Å². The number of aliphatic carboxylic acids is 1. The van der Waals surface area contributed by atoms with E-state index in [1.54, 1.807) is 41.3 Å². The number of amides is 6. The molecular formula is C73H81N7O15. The molecule has 7 N–H and O–H groups in total. The van der Waals surface area contributed by atoms with Gasteiger partial charge in [-0.15, -0.1) is 0 Å². The summed E-state index contributed by atoms with van der Waals surface area (Å²) < 4.78 is 25.2. The molecule has 6 saturated carbocycles. The van der Waals surface area contributed by atoms with Crippen molar-refractivity contribution in [3.8, 4) is 11.8 Å². The van der Waals surface area contributed by atoms with Gasteiger partial charge in [-0.05, 0) is 134 Å². The van der Waals surface area contributed by atoms with Gasteiger partial charge in [0.2, 0.25) is 29.4 Å². The molecular weight excluding hydrogens is 1210 g/mol. The van der Waals surface area contributed by atoms with E-state index in [4.69, 9.17) is 24.7 Å². The number of nitrogens with two attached hydrogens (primary N) is 1. The lowest BCUT2D eigenvalue weighted by atomic mass is 9.38. The average molecular weight is 1300 g/mol. The third kappa shape index (κ3) is 13.1. The summed E-state index contributed by atoms with van der Waals surface area (Å²) in [5.41, 5.74) is 10.3. The van der Waals surface area contributed by atoms with Crippen molar-refractivity contribution >= 4 is 64.7 Å². The number of ether oxygens (including phenoxy) is 4. The van der Waals surface area contributed by atoms with Crippen molar-refractivity contribution in [3.63, 3.8) is 0 Å². The number of aliphatic hydroxyl groups is 1. The van der Waals surface area contributed by atoms with Crippen LogP contribution in [0.3, 0.4) is 0 Å². The molecule has 22 nitrogen and oxygen atoms in total. The van der Waals surface area contributed by atoms with Crippen molar-refractivity contribution in [2.24, 2.45) is 39.7 Å². The second kappa shape index (κ2) is 26.3. The highest BCUT2D eigenvalue weighted by molar-refractivity contribution is 6.01. The Bertz CT molecular complexity index is 3860. The molecule has 13 rings (SSSR count). The highest BCUT2D eigenvalue weighted by Gasteiger charge is 2.76. The Balaban J connectivity index is 0.603. The quantitative estimate of drug-likeness (QED) is 0.0424. The second-order valence-corrected chi connectivity index (χ2v) is 27.9. The second-order valence-electron chi connectivity index (χ2n) is 27.9. The number of likely N-dealkylation sites (N-methyl/N-ethyl adjacent to an activating group) is 2. The Kier molecular flexibility index (Phi) is 18.3. The first-order valence-corrected chi connectivity index (χ1v) is 32.7. The van der Waals surface area contributed by atoms with Gasteiger partial charge in [-0.1, -0.05) is 104 Å². The Morgan fingerprint density at radius 2 is 1.49 bits per heavy atom. The first-order valence-electron chi connectivity index (χ1n) is 32.7. The smallest absolute Gasteiger partial charge is 0.409 e. The number of ketones is 2. The normalized spacial score (nSPS) is 28.7. The number of allylic oxidation sites excluding steroid dienone is 4. The number of carbonyl (C=O) groups excluding carboxylic acids is 8. The highest BCUT2D eigenvalue weighted by Crippen LogP contribution is 2.71. The van der Waals surface area contributed by atoms with Crippen LogP contribution in [-0.2, 0) is 72.1 Å². The largest absolute Gasteiger partial charge is 0.481 e. The SMILES string of the molecule is CN(CCN(C)C(=O)OCc1ccc(NC(=O)[C@H](CCC(=O)O)NC(=O)CNC(=O)CCC(=O)N2Cc3ccccc3C#Cc3ccccc32)cc1)C(=O)OCC(=O)[C@@]12O[C@H](c3ccc(CC45CC(N)(C4)C5)cc3)O[C@@H]1C[C@H]1[C@@H]3CCC4=CC(=O)C=C[C@]4(C)[C@H]3[C@@H](O)C[C@@]12C. The number of para-hydroxylation sites is 1. The third-order valence-corrected chi connectivity index (χ3v) is 21.5. The minimum atomic E-state index is -1.59. The molecule has 0 aromatic heterocycles. The summed E-state index contributed by atoms with van der Waals surface area (Å²) in [5.74, 6) is 1.83. The minimum Gasteiger partial charge on any atom is -0.481 e. The number of fused-ring (bicyclic) bond motifs is 9. The number of carbonyl (C=O) groups is 9. The predicted molar refractivity (Wildman–Crippen MR) is 346 cm³/mol. The molecule has 7 aliphatic carbocycles. The molecule has 0 unspecified atom stereocenters. The number of benzene rings is 4. The number of hydrogen-bond acceptors (Lipinski definition) is 15. The standard InChI is InChI=1S/C73H81N7O15/c1-69-30-29-52(81)33-50(69)21-24-53-54-34-59-73(70(54,2)36-57(82)64(53)69,95-66(94-59)48-17-13-44(14-18-48)35-71-41-72(74,42-71)43-71)58(83)40-93-68(91)79(4)32-31-78(3)67(90)92-39-45-15-22-51(23-16-45)76-65(89)55(25-28-63(87)88)77-61(85)37-75-60(84)26-27-62(86)80-38-49-11-6-5-9-46(49)19-20-47-10-7-8-12-56(47)80/h5-18,22-23,29-30,33,53-55,57,59,64,66,82H,21,24-28,31-32,34-43,74H2,1-4H3,(H,75,84)(H,76,89)(H,77,85)(H,87,88)/t53-,54-,55-,57-,59+,64+,66+,69-,70-,71?,72?,73+/m0/s1. The molecule has 7 fully saturated rings. The molecule has 4 aromatic carbocycles. The molecule has 2 bridgehead atoms. The third-order valence-electron chi connectivity index (χ3n) is 21.5. The molecule has 1 saturated heterocycles. The molecule has 0 radical (unpaired) electrons. The Labute approximate surface area is 551 Å². The van der Waals surface area contributed by atoms with Crippen molar-refractivity contribution in [2.45, 2.75) is 140 Å². The summed E-state index contributed by atoms with van der Waals surface area (Å²) >= 11 is 0. The molecule has 2 heterocycles. The summed E-state index contributed by atoms with van der Waals surface area (Å²) in [6, 6.07) is 27.8. The van der Waals surface area contributed by atoms with Gasteiger partial charge in [-0.25, -0.2) is 9.59 Å². The summed E-state index contributed by atoms with van der Waals surface area (Å²) in [6.45, 7) is 3.02. The first-order chi connectivity index (χ1) is 45.4. The molecule has 0 spiro atoms. The molecule has 10 atom stereocenters. The summed E-state index contributed by atoms with van der Waals surface area (Å²) in [5, 5.41) is 29.4. The number of Topliss-reactive ketones (excluding diaryl/α,β-unsaturated/α-hetero) is 1. The minimum absolute atomic E-state index is 0.00143. The topological polar surface area (TPSA) is 303 Å². The van der Waals surface area contributed by atoms with Gasteiger partial charge in [0, 0.05) is 91.1 Å². The van der Waals surface area contributed by atoms with Crippen molar-refractivity contribution in [1.29, 1.82) is 0 Å². The highest BCUT2D eigenvalue weighted by atomic mass is 16.7. The number of rotatable bonds is 22. The monoisotopic (exact) mass is 1300 g/mol. The van der Waals surface area contributed by atoms with Crippen LogP contribution in [0.1, 0.15) is 124 Å². The summed E-state index contributed by atoms with van der Waals surface area (Å²) in [4.78, 5) is 123. The number of nitrogens with one attached hydrogen (secondary N) is 3. The number of nitrogens with zero attached hydrogens (tertiary/aromatic N) is 3. The number of hydrogen-bond donors (Lipinski definition) is 6. The predicted octanol–water partition coefficient (Wildman–Crippen LogP) is 7.19. The van der Waals surface area contributed by atoms with E-state index in [1.165, 1.54) is 41.6 Å². The number of carboxylic acids is 1. The lowest BCUT2D eigenvalue weighted by molar-refractivity contribution is -0.201. The van der Waals surface area contributed by atoms with Gasteiger partial charge in [0.15, 0.2) is 24.3 Å². The molecule has 498 valence electrons. The van der Waals surface area contributed by atoms with Crippen LogP contribution in [0.5, 0.6) is 0 Å². The van der Waals surface area contributed by atoms with E-state index in [-0.39, 0.29) is 98.0 Å². The lowest BCUT2D eigenvalue weighted by Crippen LogP contribution is -2.72. The van der Waals surface area contributed by atoms with Gasteiger partial charge < -0.3 is 65.5 Å². The zero-order chi connectivity index (χ0) is 67.2. The van der Waals surface area contributed by atoms with E-state index in [0.717, 1.165) is 47.9 Å². The van der Waals surface area contributed by atoms with E-state index in [1.807, 2.05) is 61.5 Å². The summed E-state index contributed by atoms with van der Waals surface area (Å²) in [6.07, 6.45) is 6.26. The Morgan fingerprint density at radius 3 is 2.21 bits per heavy atom. The maximum Gasteiger partial charge on any atom is 0.409 e. The van der Waals surface area contributed by atoms with Gasteiger partial charge >= 0.3 is 18.2 Å². The van der Waals surface area contributed by atoms with E-state index >= 15 is 4.79 Å². The van der Waals surface area contributed by atoms with E-state index < -0.39 is 102 Å². The molecule has 95 heavy (non-hydrogen) atoms. The van der Waals surface area contributed by atoms with Gasteiger partial charge in [-0.2, -0.15) is 0 Å². The zero-order valence-corrected chi connectivity index (χ0v) is 53.9. The van der Waals surface area contributed by atoms with E-state index in [2.05, 4.69) is 46.8 Å². The Hall–Kier alpha value is -9.01. The average Bonchev–Trinajstić information content (AvgIpc) is 1.69. The van der Waals surface area contributed by atoms with Crippen LogP contribution in [-0.4, -0.2) is 143 Å². The van der Waals surface area contributed by atoms with Gasteiger partial charge in [0.25, 0.3) is 0 Å². The fourth-order valence-corrected chi connectivity index (χ4v) is 16.8. The molecule has 22 heteroatoms. The van der Waals surface area contributed by atoms with Crippen LogP contribution < -0.4 is 26.6 Å². The fourth-order valence-electron chi connectivity index (χ4n) is 16.8. The van der Waals surface area contributed by atoms with E-state index in [0.29, 0.717) is 36.1 Å². The van der Waals surface area contributed by atoms with Crippen molar-refractivity contribution in [2.75, 3.05) is 50.6 Å². The van der Waals surface area contributed by atoms with Gasteiger partial charge in [-0.3, -0.25) is 33.6 Å². The first kappa shape index (κ1) is 66.0. The molecule has 6 amide bonds. The molecule has 9 aliphatic rings. The van der Waals surface area contributed by atoms with Crippen molar-refractivity contribution in [1.82, 2.24) is 20.4 Å². The number of anilines is 2. The van der Waals surface area contributed by atoms with E-state index in [9.17, 15) is 48.6 Å². The van der Waals surface area contributed by atoms with Crippen LogP contribution in [0.15, 0.2) is 121 Å². The maximum absolute atomic E-state index is 15.2. The zero-order valence-electron chi connectivity index (χ0n) is 53.9. The Morgan fingerprint density at radius 1 is 0.821 bits per heavy atom. The number of aliphatic hydroxyl groups excluding tert-OH is 1. The van der Waals surface area contributed by atoms with Crippen LogP contribution in [0, 0.1) is 45.8 Å². The van der Waals surface area contributed by atoms with Gasteiger partial charge in [0.1, 0.15) is 12.6 Å².